The number of hydrogen-bond donors (Lipinski definition) is 0. The minimum absolute atomic E-state index is 0.399. The fourth-order valence-electron chi connectivity index (χ4n) is 1.41. The van der Waals surface area contributed by atoms with Gasteiger partial charge in [-0.15, -0.1) is 0 Å². The average Bonchev–Trinajstić information content (AvgIpc) is 2.46. The van der Waals surface area contributed by atoms with E-state index in [0.29, 0.717) is 0 Å². The Hall–Kier alpha value is -0.390. The molecule has 5 heteroatoms. The summed E-state index contributed by atoms with van der Waals surface area (Å²) >= 11 is 0. The van der Waals surface area contributed by atoms with Crippen molar-refractivity contribution in [1.29, 1.82) is 0 Å². The maximum atomic E-state index is 9.78. The normalized spacial score (nSPS) is 20.0. The molecule has 0 amide bonds. The van der Waals surface area contributed by atoms with Gasteiger partial charge in [0.25, 0.3) is 0 Å². The van der Waals surface area contributed by atoms with Gasteiger partial charge in [0.05, 0.1) is 43.1 Å². The van der Waals surface area contributed by atoms with Crippen LogP contribution in [0, 0.1) is 0 Å². The van der Waals surface area contributed by atoms with E-state index < -0.39 is 15.9 Å². The van der Waals surface area contributed by atoms with E-state index in [4.69, 9.17) is 0 Å². The van der Waals surface area contributed by atoms with Gasteiger partial charge in [-0.3, -0.25) is 0 Å². The van der Waals surface area contributed by atoms with Crippen molar-refractivity contribution in [2.75, 3.05) is 32.9 Å². The third-order valence-corrected chi connectivity index (χ3v) is 2.91. The van der Waals surface area contributed by atoms with Crippen LogP contribution in [-0.2, 0) is 10.1 Å². The molecule has 90 valence electrons. The van der Waals surface area contributed by atoms with Gasteiger partial charge in [0.1, 0.15) is 0 Å². The molecule has 0 aliphatic carbocycles. The van der Waals surface area contributed by atoms with Crippen LogP contribution in [0.2, 0.25) is 0 Å². The molecule has 0 aromatic heterocycles. The molecule has 1 aliphatic rings. The van der Waals surface area contributed by atoms with E-state index in [-0.39, 0.29) is 0 Å². The summed E-state index contributed by atoms with van der Waals surface area (Å²) in [4.78, 5) is 0. The molecule has 1 fully saturated rings. The molecular weight excluding hydrogens is 214 g/mol. The van der Waals surface area contributed by atoms with Crippen molar-refractivity contribution in [3.05, 3.63) is 12.2 Å². The minimum atomic E-state index is -4.02. The Bertz CT molecular complexity index is 286. The lowest BCUT2D eigenvalue weighted by Gasteiger charge is -2.21. The van der Waals surface area contributed by atoms with Gasteiger partial charge in [0.15, 0.2) is 0 Å². The number of hydrogen-bond acceptors (Lipinski definition) is 3. The van der Waals surface area contributed by atoms with Crippen molar-refractivity contribution < 1.29 is 17.5 Å². The molecule has 0 radical (unpaired) electrons. The third kappa shape index (κ3) is 9.90. The number of quaternary nitrogens is 1. The summed E-state index contributed by atoms with van der Waals surface area (Å²) in [6.45, 7) is 4.44. The lowest BCUT2D eigenvalue weighted by Crippen LogP contribution is -2.35. The van der Waals surface area contributed by atoms with E-state index in [9.17, 15) is 13.0 Å². The zero-order valence-electron chi connectivity index (χ0n) is 9.77. The maximum absolute atomic E-state index is 9.78. The molecule has 1 rings (SSSR count). The van der Waals surface area contributed by atoms with Crippen LogP contribution >= 0.6 is 0 Å². The number of rotatable bonds is 2. The lowest BCUT2D eigenvalue weighted by atomic mass is 10.4. The van der Waals surface area contributed by atoms with Gasteiger partial charge in [-0.2, -0.15) is 0 Å². The highest BCUT2D eigenvalue weighted by atomic mass is 32.2. The first-order chi connectivity index (χ1) is 6.77. The first kappa shape index (κ1) is 14.6. The lowest BCUT2D eigenvalue weighted by molar-refractivity contribution is -0.877. The van der Waals surface area contributed by atoms with Gasteiger partial charge in [-0.25, -0.2) is 8.42 Å². The molecule has 0 N–H and O–H groups in total. The first-order valence-electron chi connectivity index (χ1n) is 5.13. The second-order valence-corrected chi connectivity index (χ2v) is 5.83. The van der Waals surface area contributed by atoms with Crippen LogP contribution in [0.5, 0.6) is 0 Å². The Balaban J connectivity index is 0.000000262. The molecule has 0 aromatic carbocycles. The van der Waals surface area contributed by atoms with Crippen molar-refractivity contribution in [2.45, 2.75) is 19.8 Å². The third-order valence-electron chi connectivity index (χ3n) is 2.31. The molecular formula is C10H21NO3S. The van der Waals surface area contributed by atoms with E-state index in [0.717, 1.165) is 0 Å². The van der Waals surface area contributed by atoms with Gasteiger partial charge in [0.2, 0.25) is 0 Å². The summed E-state index contributed by atoms with van der Waals surface area (Å²) in [5, 5.41) is 0. The van der Waals surface area contributed by atoms with Crippen molar-refractivity contribution >= 4 is 10.1 Å². The average molecular weight is 235 g/mol. The molecule has 0 saturated carbocycles. The molecule has 0 atom stereocenters. The topological polar surface area (TPSA) is 57.2 Å². The second-order valence-electron chi connectivity index (χ2n) is 4.38. The Morgan fingerprint density at radius 3 is 1.87 bits per heavy atom. The van der Waals surface area contributed by atoms with Crippen molar-refractivity contribution in [3.63, 3.8) is 0 Å². The molecule has 0 unspecified atom stereocenters. The fourth-order valence-corrected chi connectivity index (χ4v) is 1.83. The molecule has 0 bridgehead atoms. The second kappa shape index (κ2) is 6.25. The van der Waals surface area contributed by atoms with Crippen LogP contribution in [0.25, 0.3) is 0 Å². The Kier molecular flexibility index (Phi) is 6.09. The van der Waals surface area contributed by atoms with E-state index in [1.165, 1.54) is 42.6 Å². The van der Waals surface area contributed by atoms with Crippen LogP contribution < -0.4 is 0 Å². The summed E-state index contributed by atoms with van der Waals surface area (Å²) in [5.74, 6) is -0.399. The van der Waals surface area contributed by atoms with E-state index >= 15 is 0 Å². The quantitative estimate of drug-likeness (QED) is 0.407. The predicted octanol–water partition coefficient (Wildman–Crippen LogP) is 0.964. The molecule has 4 nitrogen and oxygen atoms in total. The highest BCUT2D eigenvalue weighted by Crippen LogP contribution is 2.11. The summed E-state index contributed by atoms with van der Waals surface area (Å²) in [5.41, 5.74) is 0. The highest BCUT2D eigenvalue weighted by Gasteiger charge is 2.19. The van der Waals surface area contributed by atoms with Crippen LogP contribution in [-0.4, -0.2) is 50.4 Å². The van der Waals surface area contributed by atoms with Crippen molar-refractivity contribution in [3.8, 4) is 0 Å². The smallest absolute Gasteiger partial charge is 0.0982 e. The Labute approximate surface area is 92.9 Å². The number of likely N-dealkylation sites (tertiary alicyclic amines) is 1. The molecule has 1 heterocycles. The van der Waals surface area contributed by atoms with Crippen molar-refractivity contribution in [1.82, 2.24) is 0 Å². The maximum Gasteiger partial charge on any atom is 0.0982 e. The van der Waals surface area contributed by atoms with Gasteiger partial charge < -0.3 is 9.04 Å². The summed E-state index contributed by atoms with van der Waals surface area (Å²) in [6, 6.07) is 0. The molecule has 1 aliphatic heterocycles. The largest absolute Gasteiger partial charge is 0.748 e. The molecule has 0 spiro atoms. The van der Waals surface area contributed by atoms with E-state index in [1.54, 1.807) is 6.92 Å². The molecule has 15 heavy (non-hydrogen) atoms. The van der Waals surface area contributed by atoms with Crippen molar-refractivity contribution in [2.24, 2.45) is 0 Å². The molecule has 1 saturated heterocycles. The summed E-state index contributed by atoms with van der Waals surface area (Å²) in [7, 11) is 0.574. The zero-order chi connectivity index (χ0) is 11.9. The number of nitrogens with zero attached hydrogens (tertiary/aromatic N) is 1. The van der Waals surface area contributed by atoms with Crippen LogP contribution in [0.15, 0.2) is 12.2 Å². The summed E-state index contributed by atoms with van der Waals surface area (Å²) < 4.78 is 30.6. The van der Waals surface area contributed by atoms with Gasteiger partial charge in [-0.05, 0) is 6.92 Å². The van der Waals surface area contributed by atoms with E-state index in [2.05, 4.69) is 14.1 Å². The Morgan fingerprint density at radius 1 is 1.27 bits per heavy atom. The highest BCUT2D eigenvalue weighted by molar-refractivity contribution is 7.85. The van der Waals surface area contributed by atoms with Crippen LogP contribution in [0.1, 0.15) is 19.8 Å². The number of allylic oxidation sites excluding steroid dienone is 1. The zero-order valence-corrected chi connectivity index (χ0v) is 10.6. The molecule has 0 aromatic rings. The van der Waals surface area contributed by atoms with Crippen LogP contribution in [0.4, 0.5) is 0 Å². The van der Waals surface area contributed by atoms with Gasteiger partial charge in [0, 0.05) is 12.8 Å². The van der Waals surface area contributed by atoms with E-state index in [1.807, 2.05) is 0 Å². The SMILES string of the molecule is C/C=C/CS(=O)(=O)[O-].C[N+]1(C)CCCC1. The summed E-state index contributed by atoms with van der Waals surface area (Å²) in [6.07, 6.45) is 5.71. The first-order valence-corrected chi connectivity index (χ1v) is 6.71. The van der Waals surface area contributed by atoms with Crippen LogP contribution in [0.3, 0.4) is 0 Å². The van der Waals surface area contributed by atoms with Gasteiger partial charge >= 0.3 is 0 Å². The fraction of sp³-hybridized carbons (Fsp3) is 0.800. The Morgan fingerprint density at radius 2 is 1.73 bits per heavy atom. The monoisotopic (exact) mass is 235 g/mol. The standard InChI is InChI=1S/C6H14N.C4H8O3S/c1-7(2)5-3-4-6-7;1-2-3-4-8(5,6)7/h3-6H2,1-2H3;2-3H,4H2,1H3,(H,5,6,7)/q+1;/p-1/b;3-2+. The minimum Gasteiger partial charge on any atom is -0.748 e. The van der Waals surface area contributed by atoms with Gasteiger partial charge in [-0.1, -0.05) is 12.2 Å². The predicted molar refractivity (Wildman–Crippen MR) is 60.5 cm³/mol.